The van der Waals surface area contributed by atoms with Crippen LogP contribution in [0.5, 0.6) is 0 Å². The van der Waals surface area contributed by atoms with E-state index in [0.29, 0.717) is 12.0 Å². The van der Waals surface area contributed by atoms with Crippen molar-refractivity contribution in [2.75, 3.05) is 56.4 Å². The number of carbonyl (C=O) groups excluding carboxylic acids is 12. The number of hydrogen-bond acceptors (Lipinski definition) is 14. The molecule has 0 bridgehead atoms. The Hall–Kier alpha value is -7.04. The molecule has 1 aliphatic rings. The Morgan fingerprint density at radius 3 is 1.39 bits per heavy atom. The summed E-state index contributed by atoms with van der Waals surface area (Å²) in [6, 6.07) is -5.00. The SMILES string of the molecule is C/C=C/C[C@@H](C)[C@@H](O)[C@H]1C(=O)C[C@@H](CC)C(=O)N(C)C(Cc2ccc(C(=O)OC)cc2)C(=O)N(C)[C@@H](CC(C)C)C(=O)N[C@@H](C(C)C)C(=O)N(C)[C@@H](CC(C)C)C(=O)N[C@@H](C)C(=O)C[C@H](C)C(=O)N(C)[C@@H](CC(C)C)C(=O)N(C)[C@@H](CC(C)C)C(=O)N(C)[C@@H](C(C)C)C(=O)N1C. The number of nitrogens with one attached hydrogen (secondary N) is 2. The number of methoxy groups -OCH3 is 1. The van der Waals surface area contributed by atoms with Crippen molar-refractivity contribution < 1.29 is 67.4 Å². The molecule has 542 valence electrons. The second kappa shape index (κ2) is 38.8. The lowest BCUT2D eigenvalue weighted by Gasteiger charge is -2.41. The Labute approximate surface area is 573 Å². The lowest BCUT2D eigenvalue weighted by molar-refractivity contribution is -0.157. The van der Waals surface area contributed by atoms with Crippen LogP contribution in [0.1, 0.15) is 185 Å². The summed E-state index contributed by atoms with van der Waals surface area (Å²) in [7, 11) is 11.3. The van der Waals surface area contributed by atoms with Gasteiger partial charge in [0, 0.05) is 80.4 Å². The molecule has 0 radical (unpaired) electrons. The first-order valence-electron chi connectivity index (χ1n) is 34.5. The summed E-state index contributed by atoms with van der Waals surface area (Å²) >= 11 is 0. The summed E-state index contributed by atoms with van der Waals surface area (Å²) in [6.45, 7) is 30.2. The molecule has 3 N–H and O–H groups in total. The van der Waals surface area contributed by atoms with Crippen molar-refractivity contribution in [2.45, 2.75) is 236 Å². The zero-order chi connectivity index (χ0) is 73.8. The first-order valence-corrected chi connectivity index (χ1v) is 34.5. The molecule has 2 rings (SSSR count). The van der Waals surface area contributed by atoms with Gasteiger partial charge >= 0.3 is 5.97 Å². The molecule has 9 amide bonds. The number of hydrogen-bond donors (Lipinski definition) is 3. The highest BCUT2D eigenvalue weighted by atomic mass is 16.5. The van der Waals surface area contributed by atoms with Crippen molar-refractivity contribution in [1.29, 1.82) is 0 Å². The number of allylic oxidation sites excluding steroid dienone is 2. The third-order valence-electron chi connectivity index (χ3n) is 18.8. The average Bonchev–Trinajstić information content (AvgIpc) is 0.805. The maximum atomic E-state index is 15.5. The zero-order valence-electron chi connectivity index (χ0n) is 62.7. The molecular formula is C73H121N9O14. The van der Waals surface area contributed by atoms with E-state index in [2.05, 4.69) is 10.6 Å². The number of likely N-dealkylation sites (N-methyl/N-ethyl adjacent to an activating group) is 7. The molecule has 1 heterocycles. The maximum absolute atomic E-state index is 15.5. The van der Waals surface area contributed by atoms with Crippen LogP contribution in [0.2, 0.25) is 0 Å². The van der Waals surface area contributed by atoms with Gasteiger partial charge in [-0.25, -0.2) is 4.79 Å². The topological polar surface area (TPSA) is 281 Å². The number of carbonyl (C=O) groups is 12. The first-order chi connectivity index (χ1) is 44.5. The summed E-state index contributed by atoms with van der Waals surface area (Å²) in [5, 5.41) is 18.1. The van der Waals surface area contributed by atoms with E-state index in [9.17, 15) is 29.1 Å². The molecule has 1 fully saturated rings. The van der Waals surface area contributed by atoms with Crippen molar-refractivity contribution in [3.8, 4) is 0 Å². The van der Waals surface area contributed by atoms with Gasteiger partial charge in [-0.05, 0) is 111 Å². The van der Waals surface area contributed by atoms with Crippen LogP contribution in [0, 0.1) is 53.3 Å². The molecule has 1 unspecified atom stereocenters. The van der Waals surface area contributed by atoms with Crippen LogP contribution in [0.4, 0.5) is 0 Å². The van der Waals surface area contributed by atoms with Crippen LogP contribution in [0.3, 0.4) is 0 Å². The molecule has 1 aromatic carbocycles. The fourth-order valence-electron chi connectivity index (χ4n) is 12.7. The van der Waals surface area contributed by atoms with Gasteiger partial charge in [-0.3, -0.25) is 52.7 Å². The molecule has 0 saturated carbocycles. The summed E-state index contributed by atoms with van der Waals surface area (Å²) in [6.07, 6.45) is 2.03. The molecule has 0 spiro atoms. The smallest absolute Gasteiger partial charge is 0.337 e. The average molecular weight is 1350 g/mol. The van der Waals surface area contributed by atoms with Crippen LogP contribution >= 0.6 is 0 Å². The maximum Gasteiger partial charge on any atom is 0.337 e. The van der Waals surface area contributed by atoms with E-state index in [-0.39, 0.29) is 74.2 Å². The third kappa shape index (κ3) is 23.1. The Bertz CT molecular complexity index is 2860. The van der Waals surface area contributed by atoms with E-state index in [1.165, 1.54) is 105 Å². The molecule has 1 saturated heterocycles. The minimum atomic E-state index is -1.57. The van der Waals surface area contributed by atoms with Crippen molar-refractivity contribution in [3.63, 3.8) is 0 Å². The number of ether oxygens (including phenoxy) is 1. The highest BCUT2D eigenvalue weighted by molar-refractivity contribution is 6.00. The van der Waals surface area contributed by atoms with Crippen molar-refractivity contribution in [2.24, 2.45) is 53.3 Å². The third-order valence-corrected chi connectivity index (χ3v) is 18.8. The standard InChI is InChI=1S/C73H121N9O14/c1-26-28-29-47(15)63(85)62-59(84)40-51(27-2)67(89)79(21)57(39-50-30-32-52(33-31-50)73(95)96-25)69(91)76(18)54(35-42(5)6)65(87)75-60(45(11)12)71(93)77(19)53(34-41(3)4)64(86)74-49(17)58(83)38-48(16)66(88)78(20)55(36-43(7)8)68(90)80(22)56(37-44(9)10)70(92)81(23)61(46(13)14)72(94)82(62)24/h26,28,30-33,41-49,51,53-57,60-63,85H,27,29,34-40H2,1-25H3,(H,74,86)(H,75,87)/b28-26+/t47-,48+,49+,51-,53+,54+,55+,56+,57?,60+,61+,62-,63-/m1/s1. The van der Waals surface area contributed by atoms with Crippen LogP contribution in [-0.4, -0.2) is 227 Å². The summed E-state index contributed by atoms with van der Waals surface area (Å²) in [5.74, 6) is -12.1. The normalized spacial score (nSPS) is 26.0. The van der Waals surface area contributed by atoms with Gasteiger partial charge < -0.3 is 54.8 Å². The Kier molecular flexibility index (Phi) is 34.4. The lowest BCUT2D eigenvalue weighted by atomic mass is 9.86. The van der Waals surface area contributed by atoms with Crippen molar-refractivity contribution in [3.05, 3.63) is 47.5 Å². The molecule has 1 aromatic rings. The first kappa shape index (κ1) is 85.0. The quantitative estimate of drug-likeness (QED) is 0.100. The number of amides is 9. The summed E-state index contributed by atoms with van der Waals surface area (Å²) < 4.78 is 4.93. The van der Waals surface area contributed by atoms with E-state index >= 15 is 33.6 Å². The van der Waals surface area contributed by atoms with E-state index in [1.807, 2.05) is 68.4 Å². The van der Waals surface area contributed by atoms with Gasteiger partial charge in [-0.15, -0.1) is 0 Å². The van der Waals surface area contributed by atoms with Gasteiger partial charge in [0.25, 0.3) is 0 Å². The van der Waals surface area contributed by atoms with Gasteiger partial charge in [0.1, 0.15) is 48.3 Å². The summed E-state index contributed by atoms with van der Waals surface area (Å²) in [4.78, 5) is 186. The molecule has 23 heteroatoms. The number of aliphatic hydroxyl groups is 1. The fraction of sp³-hybridized carbons (Fsp3) is 0.726. The summed E-state index contributed by atoms with van der Waals surface area (Å²) in [5.41, 5.74) is 0.733. The number of ketones is 2. The van der Waals surface area contributed by atoms with Crippen LogP contribution in [0.15, 0.2) is 36.4 Å². The predicted molar refractivity (Wildman–Crippen MR) is 371 cm³/mol. The second-order valence-corrected chi connectivity index (χ2v) is 29.3. The predicted octanol–water partition coefficient (Wildman–Crippen LogP) is 6.85. The number of esters is 1. The number of nitrogens with zero attached hydrogens (tertiary/aromatic N) is 7. The van der Waals surface area contributed by atoms with Crippen molar-refractivity contribution >= 4 is 70.7 Å². The van der Waals surface area contributed by atoms with E-state index in [0.717, 1.165) is 4.90 Å². The van der Waals surface area contributed by atoms with E-state index < -0.39 is 167 Å². The lowest BCUT2D eigenvalue weighted by Crippen LogP contribution is -2.61. The number of aliphatic hydroxyl groups excluding tert-OH is 1. The van der Waals surface area contributed by atoms with Crippen LogP contribution in [-0.2, 0) is 63.9 Å². The fourth-order valence-corrected chi connectivity index (χ4v) is 12.7. The molecule has 0 aromatic heterocycles. The minimum Gasteiger partial charge on any atom is -0.465 e. The van der Waals surface area contributed by atoms with Gasteiger partial charge in [0.05, 0.1) is 24.8 Å². The molecule has 96 heavy (non-hydrogen) atoms. The van der Waals surface area contributed by atoms with Gasteiger partial charge in [0.2, 0.25) is 53.2 Å². The van der Waals surface area contributed by atoms with Crippen LogP contribution in [0.25, 0.3) is 0 Å². The van der Waals surface area contributed by atoms with Gasteiger partial charge in [-0.2, -0.15) is 0 Å². The van der Waals surface area contributed by atoms with E-state index in [4.69, 9.17) is 4.74 Å². The van der Waals surface area contributed by atoms with Gasteiger partial charge in [0.15, 0.2) is 11.6 Å². The molecule has 1 aliphatic heterocycles. The Morgan fingerprint density at radius 1 is 0.521 bits per heavy atom. The molecule has 23 nitrogen and oxygen atoms in total. The Balaban J connectivity index is 3.18. The number of rotatable bonds is 18. The minimum absolute atomic E-state index is 0.0543. The molecular weight excluding hydrogens is 1230 g/mol. The molecule has 13 atom stereocenters. The van der Waals surface area contributed by atoms with Crippen LogP contribution < -0.4 is 10.6 Å². The van der Waals surface area contributed by atoms with Crippen molar-refractivity contribution in [1.82, 2.24) is 44.9 Å². The second-order valence-electron chi connectivity index (χ2n) is 29.3. The highest BCUT2D eigenvalue weighted by Gasteiger charge is 2.46. The largest absolute Gasteiger partial charge is 0.465 e. The monoisotopic (exact) mass is 1350 g/mol. The Morgan fingerprint density at radius 2 is 0.938 bits per heavy atom. The highest BCUT2D eigenvalue weighted by Crippen LogP contribution is 2.29. The zero-order valence-corrected chi connectivity index (χ0v) is 62.7. The van der Waals surface area contributed by atoms with Gasteiger partial charge in [-0.1, -0.05) is 128 Å². The molecule has 0 aliphatic carbocycles. The number of Topliss-reactive ketones (excluding diaryl/α,β-unsaturated/α-hetero) is 2. The number of benzene rings is 1. The van der Waals surface area contributed by atoms with E-state index in [1.54, 1.807) is 66.7 Å².